The van der Waals surface area contributed by atoms with Gasteiger partial charge in [0, 0.05) is 0 Å². The molecule has 3 rings (SSSR count). The standard InChI is InChI=1S/C16H11N3O2S/c1-20-13-5-2-4-11(9-13)8-12(10-17)16-18-15(19-21-16)14-6-3-7-22-14/h2-9H,1H3/b12-8+. The molecule has 0 unspecified atom stereocenters. The van der Waals surface area contributed by atoms with Gasteiger partial charge >= 0.3 is 0 Å². The van der Waals surface area contributed by atoms with Crippen LogP contribution in [0.15, 0.2) is 46.3 Å². The first-order valence-corrected chi connectivity index (χ1v) is 7.32. The van der Waals surface area contributed by atoms with Gasteiger partial charge in [0.2, 0.25) is 5.82 Å². The van der Waals surface area contributed by atoms with E-state index in [4.69, 9.17) is 9.26 Å². The van der Waals surface area contributed by atoms with E-state index in [1.54, 1.807) is 13.2 Å². The van der Waals surface area contributed by atoms with E-state index in [0.29, 0.717) is 11.4 Å². The monoisotopic (exact) mass is 309 g/mol. The van der Waals surface area contributed by atoms with E-state index in [0.717, 1.165) is 16.2 Å². The normalized spacial score (nSPS) is 11.2. The molecule has 108 valence electrons. The third-order valence-corrected chi connectivity index (χ3v) is 3.79. The molecule has 0 aliphatic rings. The van der Waals surface area contributed by atoms with Gasteiger partial charge in [0.05, 0.1) is 12.0 Å². The minimum absolute atomic E-state index is 0.203. The van der Waals surface area contributed by atoms with Crippen LogP contribution < -0.4 is 4.74 Å². The lowest BCUT2D eigenvalue weighted by atomic mass is 10.1. The molecule has 0 spiro atoms. The van der Waals surface area contributed by atoms with Crippen LogP contribution >= 0.6 is 11.3 Å². The molecule has 0 aliphatic heterocycles. The number of rotatable bonds is 4. The van der Waals surface area contributed by atoms with Crippen LogP contribution in [0.1, 0.15) is 11.5 Å². The summed E-state index contributed by atoms with van der Waals surface area (Å²) in [5.41, 5.74) is 1.13. The number of methoxy groups -OCH3 is 1. The van der Waals surface area contributed by atoms with Crippen LogP contribution in [0.5, 0.6) is 5.75 Å². The summed E-state index contributed by atoms with van der Waals surface area (Å²) in [6.07, 6.45) is 1.69. The molecule has 2 heterocycles. The smallest absolute Gasteiger partial charge is 0.268 e. The van der Waals surface area contributed by atoms with Crippen molar-refractivity contribution in [2.75, 3.05) is 7.11 Å². The molecule has 0 atom stereocenters. The fraction of sp³-hybridized carbons (Fsp3) is 0.0625. The van der Waals surface area contributed by atoms with Crippen molar-refractivity contribution >= 4 is 23.0 Å². The molecule has 6 heteroatoms. The molecular weight excluding hydrogens is 298 g/mol. The van der Waals surface area contributed by atoms with Crippen molar-refractivity contribution in [3.8, 4) is 22.5 Å². The third kappa shape index (κ3) is 2.90. The maximum atomic E-state index is 9.33. The first-order chi connectivity index (χ1) is 10.8. The fourth-order valence-corrected chi connectivity index (χ4v) is 2.53. The first-order valence-electron chi connectivity index (χ1n) is 6.44. The lowest BCUT2D eigenvalue weighted by Gasteiger charge is -2.00. The largest absolute Gasteiger partial charge is 0.497 e. The van der Waals surface area contributed by atoms with E-state index < -0.39 is 0 Å². The Kier molecular flexibility index (Phi) is 3.99. The van der Waals surface area contributed by atoms with E-state index in [9.17, 15) is 5.26 Å². The van der Waals surface area contributed by atoms with Crippen LogP contribution in [0.25, 0.3) is 22.4 Å². The van der Waals surface area contributed by atoms with E-state index in [1.165, 1.54) is 11.3 Å². The zero-order chi connectivity index (χ0) is 15.4. The Morgan fingerprint density at radius 2 is 2.27 bits per heavy atom. The Bertz CT molecular complexity index is 844. The molecule has 0 fully saturated rings. The highest BCUT2D eigenvalue weighted by molar-refractivity contribution is 7.13. The number of aromatic nitrogens is 2. The number of hydrogen-bond donors (Lipinski definition) is 0. The highest BCUT2D eigenvalue weighted by atomic mass is 32.1. The summed E-state index contributed by atoms with van der Waals surface area (Å²) in [7, 11) is 1.60. The molecular formula is C16H11N3O2S. The second-order valence-electron chi connectivity index (χ2n) is 4.35. The first kappa shape index (κ1) is 14.0. The van der Waals surface area contributed by atoms with Gasteiger partial charge in [-0.25, -0.2) is 0 Å². The average Bonchev–Trinajstić information content (AvgIpc) is 3.23. The zero-order valence-corrected chi connectivity index (χ0v) is 12.5. The second kappa shape index (κ2) is 6.24. The van der Waals surface area contributed by atoms with Gasteiger partial charge in [0.1, 0.15) is 17.4 Å². The number of hydrogen-bond acceptors (Lipinski definition) is 6. The van der Waals surface area contributed by atoms with Crippen molar-refractivity contribution in [3.63, 3.8) is 0 Å². The van der Waals surface area contributed by atoms with Gasteiger partial charge in [0.15, 0.2) is 0 Å². The van der Waals surface area contributed by atoms with E-state index in [2.05, 4.69) is 16.2 Å². The highest BCUT2D eigenvalue weighted by Crippen LogP contribution is 2.24. The second-order valence-corrected chi connectivity index (χ2v) is 5.29. The molecule has 0 amide bonds. The average molecular weight is 309 g/mol. The maximum absolute atomic E-state index is 9.33. The molecule has 0 radical (unpaired) electrons. The minimum atomic E-state index is 0.203. The highest BCUT2D eigenvalue weighted by Gasteiger charge is 2.13. The van der Waals surface area contributed by atoms with Crippen molar-refractivity contribution in [2.24, 2.45) is 0 Å². The summed E-state index contributed by atoms with van der Waals surface area (Å²) < 4.78 is 10.4. The van der Waals surface area contributed by atoms with Gasteiger partial charge < -0.3 is 9.26 Å². The topological polar surface area (TPSA) is 71.9 Å². The Labute approximate surface area is 131 Å². The summed E-state index contributed by atoms with van der Waals surface area (Å²) in [6.45, 7) is 0. The van der Waals surface area contributed by atoms with Crippen LogP contribution in [0.3, 0.4) is 0 Å². The molecule has 0 N–H and O–H groups in total. The van der Waals surface area contributed by atoms with Gasteiger partial charge in [-0.3, -0.25) is 0 Å². The van der Waals surface area contributed by atoms with Crippen LogP contribution in [0.4, 0.5) is 0 Å². The van der Waals surface area contributed by atoms with Gasteiger partial charge in [-0.15, -0.1) is 11.3 Å². The molecule has 0 aliphatic carbocycles. The van der Waals surface area contributed by atoms with E-state index in [1.807, 2.05) is 41.8 Å². The quantitative estimate of drug-likeness (QED) is 0.684. The van der Waals surface area contributed by atoms with Crippen molar-refractivity contribution in [1.82, 2.24) is 10.1 Å². The Morgan fingerprint density at radius 1 is 1.36 bits per heavy atom. The van der Waals surface area contributed by atoms with Crippen LogP contribution in [-0.4, -0.2) is 17.3 Å². The molecule has 1 aromatic carbocycles. The number of thiophene rings is 1. The molecule has 5 nitrogen and oxygen atoms in total. The number of ether oxygens (including phenoxy) is 1. The van der Waals surface area contributed by atoms with Crippen LogP contribution in [0, 0.1) is 11.3 Å². The van der Waals surface area contributed by atoms with Crippen molar-refractivity contribution in [3.05, 3.63) is 53.2 Å². The molecule has 22 heavy (non-hydrogen) atoms. The van der Waals surface area contributed by atoms with Crippen LogP contribution in [-0.2, 0) is 0 Å². The number of nitrogens with zero attached hydrogens (tertiary/aromatic N) is 3. The zero-order valence-electron chi connectivity index (χ0n) is 11.7. The molecule has 0 saturated heterocycles. The Hall–Kier alpha value is -2.91. The van der Waals surface area contributed by atoms with Gasteiger partial charge in [-0.1, -0.05) is 23.4 Å². The molecule has 3 aromatic rings. The number of nitriles is 1. The van der Waals surface area contributed by atoms with Gasteiger partial charge in [-0.2, -0.15) is 10.2 Å². The van der Waals surface area contributed by atoms with Gasteiger partial charge in [-0.05, 0) is 35.2 Å². The van der Waals surface area contributed by atoms with Crippen molar-refractivity contribution in [1.29, 1.82) is 5.26 Å². The summed E-state index contributed by atoms with van der Waals surface area (Å²) in [5, 5.41) is 15.2. The lowest BCUT2D eigenvalue weighted by Crippen LogP contribution is -1.85. The van der Waals surface area contributed by atoms with Crippen molar-refractivity contribution < 1.29 is 9.26 Å². The van der Waals surface area contributed by atoms with Crippen LogP contribution in [0.2, 0.25) is 0 Å². The Morgan fingerprint density at radius 3 is 3.00 bits per heavy atom. The number of benzene rings is 1. The summed E-state index contributed by atoms with van der Waals surface area (Å²) in [4.78, 5) is 5.17. The van der Waals surface area contributed by atoms with Crippen molar-refractivity contribution in [2.45, 2.75) is 0 Å². The SMILES string of the molecule is COc1cccc(/C=C(\C#N)c2nc(-c3cccs3)no2)c1. The number of allylic oxidation sites excluding steroid dienone is 1. The van der Waals surface area contributed by atoms with E-state index >= 15 is 0 Å². The lowest BCUT2D eigenvalue weighted by molar-refractivity contribution is 0.409. The maximum Gasteiger partial charge on any atom is 0.268 e. The molecule has 0 saturated carbocycles. The minimum Gasteiger partial charge on any atom is -0.497 e. The molecule has 0 bridgehead atoms. The predicted octanol–water partition coefficient (Wildman–Crippen LogP) is 3.87. The third-order valence-electron chi connectivity index (χ3n) is 2.92. The summed E-state index contributed by atoms with van der Waals surface area (Å²) in [5.74, 6) is 1.40. The summed E-state index contributed by atoms with van der Waals surface area (Å²) >= 11 is 1.51. The fourth-order valence-electron chi connectivity index (χ4n) is 1.88. The Balaban J connectivity index is 1.94. The van der Waals surface area contributed by atoms with E-state index in [-0.39, 0.29) is 5.89 Å². The van der Waals surface area contributed by atoms with Gasteiger partial charge in [0.25, 0.3) is 5.89 Å². The molecule has 2 aromatic heterocycles. The summed E-state index contributed by atoms with van der Waals surface area (Å²) in [6, 6.07) is 13.3. The predicted molar refractivity (Wildman–Crippen MR) is 84.1 cm³/mol.